The molecule has 0 fully saturated rings. The number of aliphatic hydroxyl groups is 1. The highest BCUT2D eigenvalue weighted by Crippen LogP contribution is 2.41. The van der Waals surface area contributed by atoms with Crippen molar-refractivity contribution in [1.29, 1.82) is 0 Å². The molecule has 18 heavy (non-hydrogen) atoms. The van der Waals surface area contributed by atoms with Gasteiger partial charge in [-0.2, -0.15) is 0 Å². The number of phenolic OH excluding ortho intramolecular Hbond substituents is 1. The van der Waals surface area contributed by atoms with E-state index in [0.717, 1.165) is 36.0 Å². The van der Waals surface area contributed by atoms with E-state index in [2.05, 4.69) is 19.2 Å². The summed E-state index contributed by atoms with van der Waals surface area (Å²) < 4.78 is 0. The molecular weight excluding hydrogens is 226 g/mol. The number of aromatic hydroxyl groups is 1. The van der Waals surface area contributed by atoms with Crippen molar-refractivity contribution >= 4 is 0 Å². The van der Waals surface area contributed by atoms with Gasteiger partial charge in [0.2, 0.25) is 0 Å². The number of aliphatic hydroxyl groups excluding tert-OH is 1. The number of rotatable bonds is 3. The minimum Gasteiger partial charge on any atom is -0.508 e. The van der Waals surface area contributed by atoms with Gasteiger partial charge in [-0.15, -0.1) is 0 Å². The molecule has 3 heteroatoms. The van der Waals surface area contributed by atoms with E-state index in [9.17, 15) is 10.2 Å². The van der Waals surface area contributed by atoms with Gasteiger partial charge < -0.3 is 15.5 Å². The van der Waals surface area contributed by atoms with Crippen molar-refractivity contribution in [2.24, 2.45) is 5.41 Å². The lowest BCUT2D eigenvalue weighted by Crippen LogP contribution is -2.25. The van der Waals surface area contributed by atoms with Crippen LogP contribution in [0.2, 0.25) is 0 Å². The molecule has 1 aromatic rings. The Hall–Kier alpha value is -1.06. The summed E-state index contributed by atoms with van der Waals surface area (Å²) in [5.74, 6) is 0.373. The second-order valence-electron chi connectivity index (χ2n) is 6.05. The molecule has 0 bridgehead atoms. The van der Waals surface area contributed by atoms with Crippen LogP contribution in [0.25, 0.3) is 0 Å². The first-order chi connectivity index (χ1) is 8.44. The lowest BCUT2D eigenvalue weighted by atomic mass is 9.72. The Morgan fingerprint density at radius 2 is 2.06 bits per heavy atom. The highest BCUT2D eigenvalue weighted by Gasteiger charge is 2.29. The standard InChI is InChI=1S/C15H23NO2/c1-15(2)7-6-10-11(14(18)9-16-3)4-5-13(17)12(10)8-15/h4-5,14,16-18H,6-9H2,1-3H3. The lowest BCUT2D eigenvalue weighted by Gasteiger charge is -2.33. The van der Waals surface area contributed by atoms with Gasteiger partial charge in [0.05, 0.1) is 6.10 Å². The Kier molecular flexibility index (Phi) is 3.64. The van der Waals surface area contributed by atoms with Gasteiger partial charge in [0, 0.05) is 6.54 Å². The number of benzene rings is 1. The van der Waals surface area contributed by atoms with E-state index in [-0.39, 0.29) is 5.41 Å². The molecule has 0 aromatic heterocycles. The average Bonchev–Trinajstić information content (AvgIpc) is 2.29. The van der Waals surface area contributed by atoms with Crippen LogP contribution < -0.4 is 5.32 Å². The van der Waals surface area contributed by atoms with Crippen molar-refractivity contribution in [2.75, 3.05) is 13.6 Å². The van der Waals surface area contributed by atoms with Gasteiger partial charge in [0.15, 0.2) is 0 Å². The van der Waals surface area contributed by atoms with Crippen molar-refractivity contribution in [1.82, 2.24) is 5.32 Å². The summed E-state index contributed by atoms with van der Waals surface area (Å²) in [4.78, 5) is 0. The number of likely N-dealkylation sites (N-methyl/N-ethyl adjacent to an activating group) is 1. The van der Waals surface area contributed by atoms with Crippen molar-refractivity contribution in [3.05, 3.63) is 28.8 Å². The van der Waals surface area contributed by atoms with Gasteiger partial charge in [-0.1, -0.05) is 19.9 Å². The van der Waals surface area contributed by atoms with Crippen LogP contribution in [0.4, 0.5) is 0 Å². The third-order valence-corrected chi connectivity index (χ3v) is 3.91. The molecule has 1 unspecified atom stereocenters. The highest BCUT2D eigenvalue weighted by molar-refractivity contribution is 5.47. The maximum atomic E-state index is 10.2. The molecule has 0 aliphatic heterocycles. The highest BCUT2D eigenvalue weighted by atomic mass is 16.3. The Bertz CT molecular complexity index is 440. The molecule has 3 N–H and O–H groups in total. The van der Waals surface area contributed by atoms with Crippen LogP contribution in [0.1, 0.15) is 43.1 Å². The molecule has 0 radical (unpaired) electrons. The summed E-state index contributed by atoms with van der Waals surface area (Å²) in [5, 5.41) is 23.2. The second-order valence-corrected chi connectivity index (χ2v) is 6.05. The van der Waals surface area contributed by atoms with E-state index in [1.807, 2.05) is 13.1 Å². The van der Waals surface area contributed by atoms with Gasteiger partial charge in [-0.05, 0) is 54.5 Å². The van der Waals surface area contributed by atoms with Gasteiger partial charge in [0.1, 0.15) is 5.75 Å². The third kappa shape index (κ3) is 2.52. The Balaban J connectivity index is 2.41. The van der Waals surface area contributed by atoms with E-state index >= 15 is 0 Å². The van der Waals surface area contributed by atoms with E-state index < -0.39 is 6.10 Å². The Morgan fingerprint density at radius 1 is 1.33 bits per heavy atom. The smallest absolute Gasteiger partial charge is 0.119 e. The molecule has 1 aliphatic rings. The minimum atomic E-state index is -0.495. The van der Waals surface area contributed by atoms with Gasteiger partial charge in [0.25, 0.3) is 0 Å². The summed E-state index contributed by atoms with van der Waals surface area (Å²) >= 11 is 0. The van der Waals surface area contributed by atoms with Gasteiger partial charge in [-0.25, -0.2) is 0 Å². The minimum absolute atomic E-state index is 0.233. The van der Waals surface area contributed by atoms with Crippen molar-refractivity contribution in [2.45, 2.75) is 39.2 Å². The number of hydrogen-bond donors (Lipinski definition) is 3. The van der Waals surface area contributed by atoms with E-state index in [0.29, 0.717) is 12.3 Å². The third-order valence-electron chi connectivity index (χ3n) is 3.91. The van der Waals surface area contributed by atoms with Crippen LogP contribution in [0.3, 0.4) is 0 Å². The fraction of sp³-hybridized carbons (Fsp3) is 0.600. The zero-order valence-electron chi connectivity index (χ0n) is 11.5. The summed E-state index contributed by atoms with van der Waals surface area (Å²) in [6.07, 6.45) is 2.43. The summed E-state index contributed by atoms with van der Waals surface area (Å²) in [5.41, 5.74) is 3.38. The van der Waals surface area contributed by atoms with Crippen LogP contribution in [-0.2, 0) is 12.8 Å². The SMILES string of the molecule is CNCC(O)c1ccc(O)c2c1CCC(C)(C)C2. The Morgan fingerprint density at radius 3 is 2.72 bits per heavy atom. The fourth-order valence-electron chi connectivity index (χ4n) is 2.84. The molecule has 0 spiro atoms. The first-order valence-corrected chi connectivity index (χ1v) is 6.61. The zero-order valence-corrected chi connectivity index (χ0v) is 11.5. The molecule has 1 atom stereocenters. The van der Waals surface area contributed by atoms with Crippen LogP contribution in [0.5, 0.6) is 5.75 Å². The molecule has 3 nitrogen and oxygen atoms in total. The number of fused-ring (bicyclic) bond motifs is 1. The summed E-state index contributed by atoms with van der Waals surface area (Å²) in [6.45, 7) is 5.00. The van der Waals surface area contributed by atoms with Crippen LogP contribution in [0, 0.1) is 5.41 Å². The second kappa shape index (κ2) is 4.90. The fourth-order valence-corrected chi connectivity index (χ4v) is 2.84. The topological polar surface area (TPSA) is 52.5 Å². The first-order valence-electron chi connectivity index (χ1n) is 6.61. The average molecular weight is 249 g/mol. The molecule has 100 valence electrons. The molecule has 1 aromatic carbocycles. The van der Waals surface area contributed by atoms with E-state index in [1.54, 1.807) is 6.07 Å². The van der Waals surface area contributed by atoms with E-state index in [1.165, 1.54) is 0 Å². The van der Waals surface area contributed by atoms with Crippen molar-refractivity contribution in [3.8, 4) is 5.75 Å². The maximum absolute atomic E-state index is 10.2. The number of nitrogens with one attached hydrogen (secondary N) is 1. The van der Waals surface area contributed by atoms with Crippen LogP contribution >= 0.6 is 0 Å². The molecule has 0 saturated heterocycles. The zero-order chi connectivity index (χ0) is 13.3. The van der Waals surface area contributed by atoms with Crippen LogP contribution in [-0.4, -0.2) is 23.8 Å². The Labute approximate surface area is 109 Å². The lowest BCUT2D eigenvalue weighted by molar-refractivity contribution is 0.175. The molecule has 0 heterocycles. The van der Waals surface area contributed by atoms with Gasteiger partial charge in [-0.3, -0.25) is 0 Å². The quantitative estimate of drug-likeness (QED) is 0.769. The predicted molar refractivity (Wildman–Crippen MR) is 72.8 cm³/mol. The number of phenols is 1. The first kappa shape index (κ1) is 13.4. The molecule has 0 saturated carbocycles. The number of hydrogen-bond acceptors (Lipinski definition) is 3. The summed E-state index contributed by atoms with van der Waals surface area (Å²) in [7, 11) is 1.83. The molecular formula is C15H23NO2. The monoisotopic (exact) mass is 249 g/mol. The predicted octanol–water partition coefficient (Wildman–Crippen LogP) is 2.16. The molecule has 1 aliphatic carbocycles. The summed E-state index contributed by atoms with van der Waals surface area (Å²) in [6, 6.07) is 3.57. The van der Waals surface area contributed by atoms with E-state index in [4.69, 9.17) is 0 Å². The maximum Gasteiger partial charge on any atom is 0.119 e. The molecule has 0 amide bonds. The van der Waals surface area contributed by atoms with Crippen molar-refractivity contribution in [3.63, 3.8) is 0 Å². The normalized spacial score (nSPS) is 19.3. The van der Waals surface area contributed by atoms with Crippen LogP contribution in [0.15, 0.2) is 12.1 Å². The van der Waals surface area contributed by atoms with Gasteiger partial charge >= 0.3 is 0 Å². The largest absolute Gasteiger partial charge is 0.508 e. The van der Waals surface area contributed by atoms with Crippen molar-refractivity contribution < 1.29 is 10.2 Å². The molecule has 2 rings (SSSR count).